The second kappa shape index (κ2) is 6.32. The molecule has 1 heterocycles. The molecule has 1 aromatic heterocycles. The van der Waals surface area contributed by atoms with Crippen molar-refractivity contribution in [3.63, 3.8) is 0 Å². The zero-order valence-electron chi connectivity index (χ0n) is 11.7. The van der Waals surface area contributed by atoms with Crippen LogP contribution in [0.1, 0.15) is 23.8 Å². The maximum atomic E-state index is 12.8. The van der Waals surface area contributed by atoms with Crippen molar-refractivity contribution in [2.75, 3.05) is 6.54 Å². The molecule has 22 heavy (non-hydrogen) atoms. The average Bonchev–Trinajstić information content (AvgIpc) is 2.94. The lowest BCUT2D eigenvalue weighted by atomic mass is 10.0. The van der Waals surface area contributed by atoms with Crippen molar-refractivity contribution in [2.45, 2.75) is 25.2 Å². The summed E-state index contributed by atoms with van der Waals surface area (Å²) in [6.45, 7) is 1.85. The molecule has 0 bridgehead atoms. The lowest BCUT2D eigenvalue weighted by molar-refractivity contribution is -0.137. The van der Waals surface area contributed by atoms with E-state index < -0.39 is 17.3 Å². The fourth-order valence-corrected chi connectivity index (χ4v) is 2.25. The fourth-order valence-electron chi connectivity index (χ4n) is 2.02. The lowest BCUT2D eigenvalue weighted by Gasteiger charge is -2.21. The van der Waals surface area contributed by atoms with E-state index in [2.05, 4.69) is 5.32 Å². The molecule has 2 N–H and O–H groups in total. The highest BCUT2D eigenvalue weighted by Gasteiger charge is 2.33. The molecule has 0 saturated heterocycles. The number of hydrogen-bond acceptors (Lipinski definition) is 3. The quantitative estimate of drug-likeness (QED) is 0.871. The van der Waals surface area contributed by atoms with Gasteiger partial charge in [-0.3, -0.25) is 0 Å². The monoisotopic (exact) mass is 333 g/mol. The van der Waals surface area contributed by atoms with Crippen LogP contribution in [0, 0.1) is 0 Å². The summed E-state index contributed by atoms with van der Waals surface area (Å²) in [5.41, 5.74) is -1.69. The van der Waals surface area contributed by atoms with E-state index in [0.717, 1.165) is 6.07 Å². The Hall–Kier alpha value is -1.50. The molecule has 0 aliphatic rings. The van der Waals surface area contributed by atoms with Crippen LogP contribution in [0.2, 0.25) is 5.02 Å². The second-order valence-electron chi connectivity index (χ2n) is 5.17. The third kappa shape index (κ3) is 4.03. The van der Waals surface area contributed by atoms with Crippen LogP contribution in [0.5, 0.6) is 0 Å². The number of halogens is 4. The maximum absolute atomic E-state index is 12.8. The summed E-state index contributed by atoms with van der Waals surface area (Å²) in [4.78, 5) is 0. The van der Waals surface area contributed by atoms with Crippen LogP contribution < -0.4 is 5.32 Å². The molecule has 3 nitrogen and oxygen atoms in total. The molecule has 7 heteroatoms. The largest absolute Gasteiger partial charge is 0.466 e. The second-order valence-corrected chi connectivity index (χ2v) is 5.57. The SMILES string of the molecule is CC(O)(CNCc1ccc(Cl)c(C(F)(F)F)c1)c1ccco1. The first-order valence-corrected chi connectivity index (χ1v) is 6.90. The van der Waals surface area contributed by atoms with Crippen LogP contribution in [-0.4, -0.2) is 11.7 Å². The Labute approximate surface area is 130 Å². The van der Waals surface area contributed by atoms with Gasteiger partial charge in [0, 0.05) is 13.1 Å². The molecule has 0 aliphatic carbocycles. The number of rotatable bonds is 5. The van der Waals surface area contributed by atoms with Gasteiger partial charge in [-0.05, 0) is 36.8 Å². The van der Waals surface area contributed by atoms with Gasteiger partial charge in [0.25, 0.3) is 0 Å². The fraction of sp³-hybridized carbons (Fsp3) is 0.333. The Morgan fingerprint density at radius 2 is 2.00 bits per heavy atom. The highest BCUT2D eigenvalue weighted by atomic mass is 35.5. The minimum atomic E-state index is -4.49. The smallest absolute Gasteiger partial charge is 0.417 e. The molecule has 120 valence electrons. The van der Waals surface area contributed by atoms with Crippen LogP contribution in [0.25, 0.3) is 0 Å². The van der Waals surface area contributed by atoms with Crippen molar-refractivity contribution in [1.82, 2.24) is 5.32 Å². The predicted octanol–water partition coefficient (Wildman–Crippen LogP) is 3.95. The molecule has 2 aromatic rings. The molecule has 0 saturated carbocycles. The van der Waals surface area contributed by atoms with Crippen molar-refractivity contribution >= 4 is 11.6 Å². The number of nitrogens with one attached hydrogen (secondary N) is 1. The predicted molar refractivity (Wildman–Crippen MR) is 76.4 cm³/mol. The number of hydrogen-bond donors (Lipinski definition) is 2. The van der Waals surface area contributed by atoms with Gasteiger partial charge in [-0.25, -0.2) is 0 Å². The van der Waals surface area contributed by atoms with E-state index in [1.54, 1.807) is 19.1 Å². The Kier molecular flexibility index (Phi) is 4.84. The average molecular weight is 334 g/mol. The van der Waals surface area contributed by atoms with Crippen LogP contribution in [-0.2, 0) is 18.3 Å². The van der Waals surface area contributed by atoms with Crippen molar-refractivity contribution < 1.29 is 22.7 Å². The van der Waals surface area contributed by atoms with E-state index in [9.17, 15) is 18.3 Å². The van der Waals surface area contributed by atoms with Gasteiger partial charge < -0.3 is 14.8 Å². The Morgan fingerprint density at radius 3 is 2.59 bits per heavy atom. The standard InChI is InChI=1S/C15H15ClF3NO2/c1-14(21,13-3-2-6-22-13)9-20-8-10-4-5-12(16)11(7-10)15(17,18)19/h2-7,20-21H,8-9H2,1H3. The maximum Gasteiger partial charge on any atom is 0.417 e. The summed E-state index contributed by atoms with van der Waals surface area (Å²) in [5.74, 6) is 0.382. The van der Waals surface area contributed by atoms with Gasteiger partial charge >= 0.3 is 6.18 Å². The van der Waals surface area contributed by atoms with Crippen molar-refractivity contribution in [3.8, 4) is 0 Å². The molecule has 1 unspecified atom stereocenters. The van der Waals surface area contributed by atoms with Crippen LogP contribution in [0.4, 0.5) is 13.2 Å². The van der Waals surface area contributed by atoms with E-state index >= 15 is 0 Å². The van der Waals surface area contributed by atoms with Gasteiger partial charge in [-0.15, -0.1) is 0 Å². The number of benzene rings is 1. The van der Waals surface area contributed by atoms with E-state index in [4.69, 9.17) is 16.0 Å². The summed E-state index contributed by atoms with van der Waals surface area (Å²) in [6.07, 6.45) is -3.05. The van der Waals surface area contributed by atoms with Crippen molar-refractivity contribution in [3.05, 3.63) is 58.5 Å². The highest BCUT2D eigenvalue weighted by Crippen LogP contribution is 2.35. The summed E-state index contributed by atoms with van der Waals surface area (Å²) >= 11 is 5.56. The molecule has 0 fully saturated rings. The summed E-state index contributed by atoms with van der Waals surface area (Å²) in [7, 11) is 0. The molecular formula is C15H15ClF3NO2. The zero-order chi connectivity index (χ0) is 16.4. The van der Waals surface area contributed by atoms with Crippen LogP contribution in [0.15, 0.2) is 41.0 Å². The number of alkyl halides is 3. The normalized spacial score (nSPS) is 14.8. The summed E-state index contributed by atoms with van der Waals surface area (Å²) < 4.78 is 43.4. The van der Waals surface area contributed by atoms with Crippen LogP contribution in [0.3, 0.4) is 0 Å². The van der Waals surface area contributed by atoms with Gasteiger partial charge in [-0.2, -0.15) is 13.2 Å². The van der Waals surface area contributed by atoms with E-state index in [-0.39, 0.29) is 18.1 Å². The van der Waals surface area contributed by atoms with Gasteiger partial charge in [-0.1, -0.05) is 17.7 Å². The molecular weight excluding hydrogens is 319 g/mol. The minimum Gasteiger partial charge on any atom is -0.466 e. The zero-order valence-corrected chi connectivity index (χ0v) is 12.5. The number of aliphatic hydroxyl groups is 1. The first kappa shape index (κ1) is 16.9. The third-order valence-electron chi connectivity index (χ3n) is 3.19. The molecule has 0 radical (unpaired) electrons. The summed E-state index contributed by atoms with van der Waals surface area (Å²) in [6, 6.07) is 7.00. The van der Waals surface area contributed by atoms with Crippen molar-refractivity contribution in [1.29, 1.82) is 0 Å². The van der Waals surface area contributed by atoms with Crippen LogP contribution >= 0.6 is 11.6 Å². The Bertz CT molecular complexity index is 624. The Morgan fingerprint density at radius 1 is 1.27 bits per heavy atom. The third-order valence-corrected chi connectivity index (χ3v) is 3.52. The lowest BCUT2D eigenvalue weighted by Crippen LogP contribution is -2.34. The van der Waals surface area contributed by atoms with Gasteiger partial charge in [0.15, 0.2) is 0 Å². The highest BCUT2D eigenvalue weighted by molar-refractivity contribution is 6.31. The molecule has 2 rings (SSSR count). The first-order chi connectivity index (χ1) is 10.2. The van der Waals surface area contributed by atoms with Gasteiger partial charge in [0.05, 0.1) is 16.8 Å². The van der Waals surface area contributed by atoms with E-state index in [1.165, 1.54) is 18.4 Å². The molecule has 0 aliphatic heterocycles. The Balaban J connectivity index is 2.01. The number of furan rings is 1. The topological polar surface area (TPSA) is 45.4 Å². The summed E-state index contributed by atoms with van der Waals surface area (Å²) in [5, 5.41) is 12.8. The minimum absolute atomic E-state index is 0.129. The molecule has 1 aromatic carbocycles. The van der Waals surface area contributed by atoms with Crippen molar-refractivity contribution in [2.24, 2.45) is 0 Å². The molecule has 0 amide bonds. The molecule has 1 atom stereocenters. The van der Waals surface area contributed by atoms with E-state index in [1.807, 2.05) is 0 Å². The van der Waals surface area contributed by atoms with Gasteiger partial charge in [0.2, 0.25) is 0 Å². The first-order valence-electron chi connectivity index (χ1n) is 6.53. The molecule has 0 spiro atoms. The van der Waals surface area contributed by atoms with E-state index in [0.29, 0.717) is 11.3 Å². The van der Waals surface area contributed by atoms with Gasteiger partial charge in [0.1, 0.15) is 11.4 Å².